The number of thiophene rings is 1. The highest BCUT2D eigenvalue weighted by atomic mass is 32.2. The Hall–Kier alpha value is -1.74. The lowest BCUT2D eigenvalue weighted by atomic mass is 10.2. The number of carbonyl (C=O) groups excluding carboxylic acids is 1. The van der Waals surface area contributed by atoms with Crippen molar-refractivity contribution in [2.45, 2.75) is 31.2 Å². The lowest BCUT2D eigenvalue weighted by molar-refractivity contribution is -0.126. The van der Waals surface area contributed by atoms with Crippen LogP contribution in [0.5, 0.6) is 0 Å². The number of piperazine rings is 1. The Morgan fingerprint density at radius 2 is 1.82 bits per heavy atom. The monoisotopic (exact) mass is 421 g/mol. The van der Waals surface area contributed by atoms with Crippen molar-refractivity contribution in [2.75, 3.05) is 32.7 Å². The van der Waals surface area contributed by atoms with Gasteiger partial charge in [0.05, 0.1) is 10.9 Å². The van der Waals surface area contributed by atoms with Gasteiger partial charge in [0.2, 0.25) is 15.9 Å². The molecular weight excluding hydrogens is 394 g/mol. The third kappa shape index (κ3) is 5.00. The zero-order valence-corrected chi connectivity index (χ0v) is 17.9. The molecule has 6 nitrogen and oxygen atoms in total. The third-order valence-electron chi connectivity index (χ3n) is 5.11. The fourth-order valence-corrected chi connectivity index (χ4v) is 5.40. The molecule has 2 aromatic rings. The second-order valence-electron chi connectivity index (χ2n) is 7.05. The van der Waals surface area contributed by atoms with Gasteiger partial charge in [0, 0.05) is 37.6 Å². The molecule has 1 fully saturated rings. The summed E-state index contributed by atoms with van der Waals surface area (Å²) in [5.74, 6) is -0.00796. The number of nitrogens with one attached hydrogen (secondary N) is 1. The summed E-state index contributed by atoms with van der Waals surface area (Å²) in [5, 5.41) is 5.02. The molecule has 1 atom stereocenters. The summed E-state index contributed by atoms with van der Waals surface area (Å²) in [6.45, 7) is 6.30. The topological polar surface area (TPSA) is 69.7 Å². The molecule has 0 spiro atoms. The summed E-state index contributed by atoms with van der Waals surface area (Å²) in [4.78, 5) is 16.0. The van der Waals surface area contributed by atoms with Gasteiger partial charge in [-0.2, -0.15) is 4.31 Å². The second-order valence-corrected chi connectivity index (χ2v) is 10.0. The van der Waals surface area contributed by atoms with Crippen LogP contribution in [0, 0.1) is 6.92 Å². The lowest BCUT2D eigenvalue weighted by Crippen LogP contribution is -2.55. The average molecular weight is 422 g/mol. The minimum atomic E-state index is -3.48. The van der Waals surface area contributed by atoms with E-state index < -0.39 is 10.0 Å². The molecule has 28 heavy (non-hydrogen) atoms. The molecule has 1 unspecified atom stereocenters. The number of hydrogen-bond acceptors (Lipinski definition) is 5. The van der Waals surface area contributed by atoms with E-state index in [9.17, 15) is 13.2 Å². The Labute approximate surface area is 171 Å². The second kappa shape index (κ2) is 9.17. The van der Waals surface area contributed by atoms with Crippen LogP contribution in [0.1, 0.15) is 17.4 Å². The number of rotatable bonds is 7. The predicted octanol–water partition coefficient (Wildman–Crippen LogP) is 2.11. The van der Waals surface area contributed by atoms with E-state index in [1.165, 1.54) is 9.18 Å². The first-order valence-electron chi connectivity index (χ1n) is 9.49. The van der Waals surface area contributed by atoms with Gasteiger partial charge in [-0.25, -0.2) is 8.42 Å². The zero-order valence-electron chi connectivity index (χ0n) is 16.3. The highest BCUT2D eigenvalue weighted by Gasteiger charge is 2.31. The first kappa shape index (κ1) is 21.0. The molecule has 1 aliphatic heterocycles. The first-order chi connectivity index (χ1) is 13.4. The van der Waals surface area contributed by atoms with Gasteiger partial charge in [0.15, 0.2) is 0 Å². The van der Waals surface area contributed by atoms with Crippen LogP contribution in [-0.2, 0) is 21.2 Å². The summed E-state index contributed by atoms with van der Waals surface area (Å²) in [6.07, 6.45) is 0.832. The fourth-order valence-electron chi connectivity index (χ4n) is 3.27. The summed E-state index contributed by atoms with van der Waals surface area (Å²) >= 11 is 1.69. The maximum Gasteiger partial charge on any atom is 0.243 e. The SMILES string of the molecule is Cc1ccc(S(=O)(=O)N2CCN(C(C)C(=O)NCCc3cccs3)CC2)cc1. The molecule has 0 saturated carbocycles. The molecule has 1 aliphatic rings. The van der Waals surface area contributed by atoms with Crippen molar-refractivity contribution in [3.63, 3.8) is 0 Å². The van der Waals surface area contributed by atoms with Crippen LogP contribution < -0.4 is 5.32 Å². The van der Waals surface area contributed by atoms with Crippen LogP contribution in [0.4, 0.5) is 0 Å². The van der Waals surface area contributed by atoms with Crippen LogP contribution in [0.2, 0.25) is 0 Å². The van der Waals surface area contributed by atoms with E-state index in [4.69, 9.17) is 0 Å². The van der Waals surface area contributed by atoms with E-state index in [0.717, 1.165) is 12.0 Å². The van der Waals surface area contributed by atoms with Crippen LogP contribution in [-0.4, -0.2) is 62.3 Å². The number of amides is 1. The van der Waals surface area contributed by atoms with Gasteiger partial charge in [0.1, 0.15) is 0 Å². The molecule has 0 aliphatic carbocycles. The zero-order chi connectivity index (χ0) is 20.1. The Kier molecular flexibility index (Phi) is 6.87. The maximum atomic E-state index is 12.8. The number of sulfonamides is 1. The number of nitrogens with zero attached hydrogens (tertiary/aromatic N) is 2. The maximum absolute atomic E-state index is 12.8. The Morgan fingerprint density at radius 1 is 1.14 bits per heavy atom. The van der Waals surface area contributed by atoms with Gasteiger partial charge in [-0.3, -0.25) is 9.69 Å². The van der Waals surface area contributed by atoms with E-state index in [1.807, 2.05) is 42.3 Å². The molecule has 8 heteroatoms. The lowest BCUT2D eigenvalue weighted by Gasteiger charge is -2.36. The molecule has 1 aromatic heterocycles. The van der Waals surface area contributed by atoms with Crippen molar-refractivity contribution in [1.29, 1.82) is 0 Å². The van der Waals surface area contributed by atoms with E-state index in [0.29, 0.717) is 37.6 Å². The van der Waals surface area contributed by atoms with Gasteiger partial charge in [0.25, 0.3) is 0 Å². The van der Waals surface area contributed by atoms with E-state index in [2.05, 4.69) is 11.4 Å². The van der Waals surface area contributed by atoms with Crippen molar-refractivity contribution in [2.24, 2.45) is 0 Å². The van der Waals surface area contributed by atoms with Gasteiger partial charge < -0.3 is 5.32 Å². The number of carbonyl (C=O) groups is 1. The largest absolute Gasteiger partial charge is 0.354 e. The molecule has 1 aromatic carbocycles. The average Bonchev–Trinajstić information content (AvgIpc) is 3.21. The quantitative estimate of drug-likeness (QED) is 0.743. The Bertz CT molecular complexity index is 872. The highest BCUT2D eigenvalue weighted by Crippen LogP contribution is 2.19. The summed E-state index contributed by atoms with van der Waals surface area (Å²) < 4.78 is 27.1. The molecule has 2 heterocycles. The van der Waals surface area contributed by atoms with Gasteiger partial charge >= 0.3 is 0 Å². The Morgan fingerprint density at radius 3 is 2.43 bits per heavy atom. The van der Waals surface area contributed by atoms with Crippen molar-refractivity contribution in [3.05, 3.63) is 52.2 Å². The minimum absolute atomic E-state index is 0.00796. The van der Waals surface area contributed by atoms with E-state index in [-0.39, 0.29) is 11.9 Å². The van der Waals surface area contributed by atoms with Crippen LogP contribution in [0.3, 0.4) is 0 Å². The van der Waals surface area contributed by atoms with E-state index >= 15 is 0 Å². The Balaban J connectivity index is 1.49. The van der Waals surface area contributed by atoms with Crippen LogP contribution in [0.25, 0.3) is 0 Å². The van der Waals surface area contributed by atoms with Gasteiger partial charge in [-0.1, -0.05) is 23.8 Å². The number of hydrogen-bond donors (Lipinski definition) is 1. The van der Waals surface area contributed by atoms with Crippen molar-refractivity contribution in [1.82, 2.24) is 14.5 Å². The molecule has 3 rings (SSSR count). The van der Waals surface area contributed by atoms with Gasteiger partial charge in [-0.05, 0) is 43.8 Å². The minimum Gasteiger partial charge on any atom is -0.354 e. The molecule has 0 bridgehead atoms. The van der Waals surface area contributed by atoms with Crippen molar-refractivity contribution in [3.8, 4) is 0 Å². The molecule has 1 amide bonds. The van der Waals surface area contributed by atoms with Crippen LogP contribution >= 0.6 is 11.3 Å². The fraction of sp³-hybridized carbons (Fsp3) is 0.450. The normalized spacial score (nSPS) is 17.4. The molecular formula is C20H27N3O3S2. The number of aryl methyl sites for hydroxylation is 1. The number of benzene rings is 1. The van der Waals surface area contributed by atoms with Gasteiger partial charge in [-0.15, -0.1) is 11.3 Å². The summed E-state index contributed by atoms with van der Waals surface area (Å²) in [5.41, 5.74) is 1.03. The standard InChI is InChI=1S/C20H27N3O3S2/c1-16-5-7-19(8-6-16)28(25,26)23-13-11-22(12-14-23)17(2)20(24)21-10-9-18-4-3-15-27-18/h3-8,15,17H,9-14H2,1-2H3,(H,21,24). The van der Waals surface area contributed by atoms with Crippen molar-refractivity contribution < 1.29 is 13.2 Å². The van der Waals surface area contributed by atoms with Crippen molar-refractivity contribution >= 4 is 27.3 Å². The first-order valence-corrected chi connectivity index (χ1v) is 11.8. The molecule has 1 saturated heterocycles. The molecule has 1 N–H and O–H groups in total. The smallest absolute Gasteiger partial charge is 0.243 e. The molecule has 0 radical (unpaired) electrons. The summed E-state index contributed by atoms with van der Waals surface area (Å²) in [7, 11) is -3.48. The highest BCUT2D eigenvalue weighted by molar-refractivity contribution is 7.89. The van der Waals surface area contributed by atoms with Crippen LogP contribution in [0.15, 0.2) is 46.7 Å². The van der Waals surface area contributed by atoms with E-state index in [1.54, 1.807) is 23.5 Å². The molecule has 152 valence electrons. The summed E-state index contributed by atoms with van der Waals surface area (Å²) in [6, 6.07) is 10.7. The third-order valence-corrected chi connectivity index (χ3v) is 7.96. The predicted molar refractivity (Wildman–Crippen MR) is 112 cm³/mol.